The van der Waals surface area contributed by atoms with Gasteiger partial charge >= 0.3 is 0 Å². The van der Waals surface area contributed by atoms with Crippen molar-refractivity contribution in [2.24, 2.45) is 0 Å². The van der Waals surface area contributed by atoms with E-state index < -0.39 is 0 Å². The molecule has 0 spiro atoms. The van der Waals surface area contributed by atoms with E-state index in [4.69, 9.17) is 0 Å². The number of halogens is 1. The molecular weight excluding hydrogens is 408 g/mol. The Morgan fingerprint density at radius 3 is 1.97 bits per heavy atom. The summed E-state index contributed by atoms with van der Waals surface area (Å²) in [5.41, 5.74) is 2.66. The third-order valence-corrected chi connectivity index (χ3v) is 6.68. The minimum atomic E-state index is -0.139. The molecule has 166 valence electrons. The second kappa shape index (κ2) is 10.9. The molecule has 2 amide bonds. The number of nitrogens with one attached hydrogen (secondary N) is 1. The monoisotopic (exact) mass is 440 g/mol. The van der Waals surface area contributed by atoms with Gasteiger partial charge in [-0.05, 0) is 49.9 Å². The number of nitrogens with zero attached hydrogens (tertiary/aromatic N) is 1. The van der Waals surface area contributed by atoms with Crippen molar-refractivity contribution in [1.29, 1.82) is 0 Å². The zero-order valence-corrected chi connectivity index (χ0v) is 19.0. The van der Waals surface area contributed by atoms with E-state index in [1.54, 1.807) is 12.1 Å². The van der Waals surface area contributed by atoms with Crippen molar-refractivity contribution < 1.29 is 9.59 Å². The van der Waals surface area contributed by atoms with Crippen LogP contribution >= 0.6 is 12.4 Å². The predicted molar refractivity (Wildman–Crippen MR) is 127 cm³/mol. The molecule has 1 heterocycles. The molecule has 2 aromatic rings. The first kappa shape index (κ1) is 23.5. The molecule has 2 aromatic carbocycles. The second-order valence-electron chi connectivity index (χ2n) is 8.66. The van der Waals surface area contributed by atoms with Gasteiger partial charge < -0.3 is 5.32 Å². The van der Waals surface area contributed by atoms with Crippen LogP contribution in [0.15, 0.2) is 54.6 Å². The number of fused-ring (bicyclic) bond motifs is 1. The van der Waals surface area contributed by atoms with Crippen LogP contribution in [0.2, 0.25) is 0 Å². The van der Waals surface area contributed by atoms with Crippen molar-refractivity contribution in [1.82, 2.24) is 10.2 Å². The Hall–Kier alpha value is -2.17. The van der Waals surface area contributed by atoms with Crippen molar-refractivity contribution >= 4 is 24.2 Å². The minimum Gasteiger partial charge on any atom is -0.307 e. The van der Waals surface area contributed by atoms with Gasteiger partial charge in [0.05, 0.1) is 11.1 Å². The lowest BCUT2D eigenvalue weighted by molar-refractivity contribution is 0.0651. The summed E-state index contributed by atoms with van der Waals surface area (Å²) in [4.78, 5) is 26.2. The van der Waals surface area contributed by atoms with Crippen LogP contribution in [0.25, 0.3) is 0 Å². The molecule has 4 rings (SSSR count). The summed E-state index contributed by atoms with van der Waals surface area (Å²) < 4.78 is 0. The summed E-state index contributed by atoms with van der Waals surface area (Å²) in [6.45, 7) is 1.54. The molecular formula is C26H33ClN2O2. The van der Waals surface area contributed by atoms with Gasteiger partial charge in [-0.3, -0.25) is 14.5 Å². The lowest BCUT2D eigenvalue weighted by atomic mass is 9.76. The molecule has 0 aromatic heterocycles. The topological polar surface area (TPSA) is 49.4 Å². The third kappa shape index (κ3) is 5.19. The van der Waals surface area contributed by atoms with Crippen molar-refractivity contribution in [3.05, 3.63) is 71.3 Å². The summed E-state index contributed by atoms with van der Waals surface area (Å²) in [7, 11) is 0. The lowest BCUT2D eigenvalue weighted by Crippen LogP contribution is -2.44. The van der Waals surface area contributed by atoms with Gasteiger partial charge in [0.15, 0.2) is 0 Å². The van der Waals surface area contributed by atoms with E-state index in [1.165, 1.54) is 42.6 Å². The number of carbonyl (C=O) groups is 2. The number of carbonyl (C=O) groups excluding carboxylic acids is 2. The average molecular weight is 441 g/mol. The predicted octanol–water partition coefficient (Wildman–Crippen LogP) is 5.71. The summed E-state index contributed by atoms with van der Waals surface area (Å²) in [6, 6.07) is 18.0. The molecule has 0 bridgehead atoms. The van der Waals surface area contributed by atoms with E-state index in [9.17, 15) is 9.59 Å². The molecule has 1 saturated carbocycles. The Morgan fingerprint density at radius 2 is 1.32 bits per heavy atom. The van der Waals surface area contributed by atoms with E-state index in [1.807, 2.05) is 12.1 Å². The average Bonchev–Trinajstić information content (AvgIpc) is 3.04. The number of rotatable bonds is 9. The normalized spacial score (nSPS) is 17.4. The Kier molecular flexibility index (Phi) is 8.28. The van der Waals surface area contributed by atoms with Crippen LogP contribution in [-0.2, 0) is 5.54 Å². The fourth-order valence-electron chi connectivity index (χ4n) is 5.00. The Morgan fingerprint density at radius 1 is 0.742 bits per heavy atom. The number of benzene rings is 2. The van der Waals surface area contributed by atoms with Crippen molar-refractivity contribution in [2.45, 2.75) is 63.3 Å². The van der Waals surface area contributed by atoms with Crippen molar-refractivity contribution in [3.63, 3.8) is 0 Å². The van der Waals surface area contributed by atoms with E-state index in [0.29, 0.717) is 17.7 Å². The van der Waals surface area contributed by atoms with Crippen LogP contribution in [0.4, 0.5) is 0 Å². The second-order valence-corrected chi connectivity index (χ2v) is 8.66. The van der Waals surface area contributed by atoms with E-state index >= 15 is 0 Å². The molecule has 5 heteroatoms. The van der Waals surface area contributed by atoms with Crippen LogP contribution in [0.3, 0.4) is 0 Å². The quantitative estimate of drug-likeness (QED) is 0.401. The van der Waals surface area contributed by atoms with Gasteiger partial charge in [0.25, 0.3) is 11.8 Å². The lowest BCUT2D eigenvalue weighted by Gasteiger charge is -2.39. The molecule has 0 unspecified atom stereocenters. The van der Waals surface area contributed by atoms with Crippen LogP contribution in [0.5, 0.6) is 0 Å². The van der Waals surface area contributed by atoms with Gasteiger partial charge in [-0.15, -0.1) is 12.4 Å². The minimum absolute atomic E-state index is 0. The molecule has 0 radical (unpaired) electrons. The highest BCUT2D eigenvalue weighted by Crippen LogP contribution is 2.37. The van der Waals surface area contributed by atoms with Crippen LogP contribution in [0.1, 0.15) is 84.1 Å². The molecule has 0 atom stereocenters. The molecule has 1 aliphatic carbocycles. The fourth-order valence-corrected chi connectivity index (χ4v) is 5.00. The van der Waals surface area contributed by atoms with E-state index in [2.05, 4.69) is 35.6 Å². The van der Waals surface area contributed by atoms with Crippen molar-refractivity contribution in [2.75, 3.05) is 13.1 Å². The SMILES string of the molecule is Cl.O=C1c2ccccc2C(=O)N1CCCCCCNC1(c2ccccc2)CCCCC1. The van der Waals surface area contributed by atoms with Gasteiger partial charge in [0, 0.05) is 12.1 Å². The molecule has 1 aliphatic heterocycles. The highest BCUT2D eigenvalue weighted by molar-refractivity contribution is 6.21. The van der Waals surface area contributed by atoms with Gasteiger partial charge in [-0.1, -0.05) is 74.6 Å². The highest BCUT2D eigenvalue weighted by Gasteiger charge is 2.34. The molecule has 1 N–H and O–H groups in total. The van der Waals surface area contributed by atoms with Crippen LogP contribution in [-0.4, -0.2) is 29.8 Å². The number of amides is 2. The first-order chi connectivity index (χ1) is 14.7. The van der Waals surface area contributed by atoms with Gasteiger partial charge in [0.2, 0.25) is 0 Å². The van der Waals surface area contributed by atoms with Gasteiger partial charge in [-0.25, -0.2) is 0 Å². The van der Waals surface area contributed by atoms with E-state index in [0.717, 1.165) is 32.2 Å². The summed E-state index contributed by atoms with van der Waals surface area (Å²) >= 11 is 0. The van der Waals surface area contributed by atoms with Crippen molar-refractivity contribution in [3.8, 4) is 0 Å². The Bertz CT molecular complexity index is 843. The van der Waals surface area contributed by atoms with Crippen LogP contribution in [0, 0.1) is 0 Å². The zero-order valence-electron chi connectivity index (χ0n) is 18.1. The Balaban J connectivity index is 0.00000272. The first-order valence-electron chi connectivity index (χ1n) is 11.5. The molecule has 4 nitrogen and oxygen atoms in total. The fraction of sp³-hybridized carbons (Fsp3) is 0.462. The summed E-state index contributed by atoms with van der Waals surface area (Å²) in [5.74, 6) is -0.279. The van der Waals surface area contributed by atoms with Gasteiger partial charge in [-0.2, -0.15) is 0 Å². The molecule has 2 aliphatic rings. The maximum absolute atomic E-state index is 12.4. The smallest absolute Gasteiger partial charge is 0.261 e. The number of imide groups is 1. The van der Waals surface area contributed by atoms with E-state index in [-0.39, 0.29) is 29.8 Å². The standard InChI is InChI=1S/C26H32N2O2.ClH/c29-24-22-15-7-8-16-23(22)25(30)28(24)20-12-2-1-11-19-27-26(17-9-4-10-18-26)21-13-5-3-6-14-21;/h3,5-8,13-16,27H,1-2,4,9-12,17-20H2;1H. The number of hydrogen-bond donors (Lipinski definition) is 1. The first-order valence-corrected chi connectivity index (χ1v) is 11.5. The molecule has 0 saturated heterocycles. The largest absolute Gasteiger partial charge is 0.307 e. The molecule has 31 heavy (non-hydrogen) atoms. The Labute approximate surface area is 191 Å². The van der Waals surface area contributed by atoms with Crippen LogP contribution < -0.4 is 5.32 Å². The summed E-state index contributed by atoms with van der Waals surface area (Å²) in [6.07, 6.45) is 10.5. The maximum Gasteiger partial charge on any atom is 0.261 e. The third-order valence-electron chi connectivity index (χ3n) is 6.68. The summed E-state index contributed by atoms with van der Waals surface area (Å²) in [5, 5.41) is 3.89. The number of hydrogen-bond acceptors (Lipinski definition) is 3. The number of unbranched alkanes of at least 4 members (excludes halogenated alkanes) is 3. The maximum atomic E-state index is 12.4. The molecule has 1 fully saturated rings. The highest BCUT2D eigenvalue weighted by atomic mass is 35.5. The zero-order chi connectivity index (χ0) is 20.8. The van der Waals surface area contributed by atoms with Gasteiger partial charge in [0.1, 0.15) is 0 Å².